The first-order valence-corrected chi connectivity index (χ1v) is 36.5. The largest absolute Gasteiger partial charge is 0.481 e. The number of aliphatic carboxylic acids is 1. The maximum Gasteiger partial charge on any atom is 0.407 e. The molecule has 0 spiro atoms. The van der Waals surface area contributed by atoms with Crippen LogP contribution in [0, 0.1) is 37.9 Å². The molecule has 97 heavy (non-hydrogen) atoms. The SMILES string of the molecule is CCCCOC(=O)C(C)(CC(C)(CCC)C(=O)O)CC(C)(CCC(C)(CC(C)(CCC(C)(CC(C)(CC)C(=O)OCCOCCOCCOCCOC)C(=O)OCCOCCNC(=O)OC(C)(C)C)C(=O)NCC(C)O)C(=O)OCCSSc1ccccn1)C(=O)OCCN(C)C. The first-order valence-electron chi connectivity index (χ1n) is 34.1. The zero-order valence-electron chi connectivity index (χ0n) is 61.7. The topological polar surface area (TPSA) is 319 Å². The predicted octanol–water partition coefficient (Wildman–Crippen LogP) is 10.1. The highest BCUT2D eigenvalue weighted by Gasteiger charge is 2.54. The Morgan fingerprint density at radius 2 is 0.990 bits per heavy atom. The van der Waals surface area contributed by atoms with Crippen LogP contribution in [0.5, 0.6) is 0 Å². The van der Waals surface area contributed by atoms with Gasteiger partial charge in [0.05, 0.1) is 105 Å². The van der Waals surface area contributed by atoms with Crippen molar-refractivity contribution in [3.05, 3.63) is 24.4 Å². The minimum absolute atomic E-state index is 0.0367. The number of rotatable bonds is 55. The molecule has 1 heterocycles. The molecular formula is C70H122N4O21S2. The van der Waals surface area contributed by atoms with Gasteiger partial charge in [-0.05, 0) is 177 Å². The van der Waals surface area contributed by atoms with Gasteiger partial charge in [-0.25, -0.2) is 9.78 Å². The number of carbonyl (C=O) groups is 8. The average Bonchev–Trinajstić information content (AvgIpc) is 0.798. The molecule has 0 aliphatic carbocycles. The molecule has 2 amide bonds. The Labute approximate surface area is 586 Å². The third-order valence-corrected chi connectivity index (χ3v) is 19.2. The number of esters is 5. The third kappa shape index (κ3) is 35.3. The summed E-state index contributed by atoms with van der Waals surface area (Å²) in [6.07, 6.45) is 0.797. The third-order valence-electron chi connectivity index (χ3n) is 16.9. The smallest absolute Gasteiger partial charge is 0.407 e. The summed E-state index contributed by atoms with van der Waals surface area (Å²) in [7, 11) is 8.02. The summed E-state index contributed by atoms with van der Waals surface area (Å²) >= 11 is 0. The van der Waals surface area contributed by atoms with Gasteiger partial charge in [0.2, 0.25) is 5.91 Å². The van der Waals surface area contributed by atoms with Crippen molar-refractivity contribution >= 4 is 69.4 Å². The predicted molar refractivity (Wildman–Crippen MR) is 371 cm³/mol. The molecule has 1 aromatic heterocycles. The second-order valence-corrected chi connectivity index (χ2v) is 30.8. The zero-order valence-corrected chi connectivity index (χ0v) is 63.3. The number of aliphatic hydroxyl groups is 1. The van der Waals surface area contributed by atoms with E-state index in [1.165, 1.54) is 28.5 Å². The summed E-state index contributed by atoms with van der Waals surface area (Å²) in [5.41, 5.74) is -11.5. The highest BCUT2D eigenvalue weighted by atomic mass is 33.1. The number of unbranched alkanes of at least 4 members (excludes halogenated alkanes) is 1. The summed E-state index contributed by atoms with van der Waals surface area (Å²) in [6, 6.07) is 5.50. The highest BCUT2D eigenvalue weighted by molar-refractivity contribution is 8.76. The van der Waals surface area contributed by atoms with Crippen molar-refractivity contribution in [2.24, 2.45) is 37.9 Å². The second kappa shape index (κ2) is 45.8. The lowest BCUT2D eigenvalue weighted by Gasteiger charge is -2.43. The number of hydrogen-bond donors (Lipinski definition) is 4. The van der Waals surface area contributed by atoms with Crippen LogP contribution in [-0.4, -0.2) is 219 Å². The Balaban J connectivity index is 4.11. The molecule has 1 aromatic rings. The molecule has 8 unspecified atom stereocenters. The first kappa shape index (κ1) is 90.1. The van der Waals surface area contributed by atoms with Crippen LogP contribution in [-0.2, 0) is 85.7 Å². The molecule has 4 N–H and O–H groups in total. The van der Waals surface area contributed by atoms with Gasteiger partial charge in [0, 0.05) is 44.1 Å². The van der Waals surface area contributed by atoms with E-state index in [-0.39, 0.29) is 143 Å². The molecule has 0 saturated carbocycles. The van der Waals surface area contributed by atoms with E-state index in [9.17, 15) is 34.2 Å². The van der Waals surface area contributed by atoms with E-state index in [1.54, 1.807) is 95.5 Å². The highest BCUT2D eigenvalue weighted by Crippen LogP contribution is 2.52. The number of aliphatic hydroxyl groups excluding tert-OH is 1. The van der Waals surface area contributed by atoms with Crippen molar-refractivity contribution in [1.29, 1.82) is 0 Å². The fraction of sp³-hybridized carbons (Fsp3) is 0.814. The number of aromatic nitrogens is 1. The molecular weight excluding hydrogens is 1300 g/mol. The number of methoxy groups -OCH3 is 1. The van der Waals surface area contributed by atoms with Crippen LogP contribution in [0.2, 0.25) is 0 Å². The van der Waals surface area contributed by atoms with Gasteiger partial charge in [-0.15, -0.1) is 0 Å². The molecule has 0 fully saturated rings. The Bertz CT molecular complexity index is 2500. The molecule has 27 heteroatoms. The number of alkyl carbamates (subject to hydrolysis) is 1. The lowest BCUT2D eigenvalue weighted by molar-refractivity contribution is -0.170. The lowest BCUT2D eigenvalue weighted by Crippen LogP contribution is -2.48. The van der Waals surface area contributed by atoms with Crippen LogP contribution < -0.4 is 10.6 Å². The van der Waals surface area contributed by atoms with E-state index < -0.39 is 97.4 Å². The number of carboxylic acid groups (broad SMARTS) is 1. The number of pyridine rings is 1. The zero-order chi connectivity index (χ0) is 73.4. The summed E-state index contributed by atoms with van der Waals surface area (Å²) in [5, 5.41) is 27.6. The van der Waals surface area contributed by atoms with Gasteiger partial charge >= 0.3 is 41.9 Å². The molecule has 1 rings (SSSR count). The van der Waals surface area contributed by atoms with E-state index in [0.717, 1.165) is 5.03 Å². The van der Waals surface area contributed by atoms with Crippen molar-refractivity contribution in [1.82, 2.24) is 20.5 Å². The number of carboxylic acids is 1. The van der Waals surface area contributed by atoms with Gasteiger partial charge < -0.3 is 77.9 Å². The van der Waals surface area contributed by atoms with Gasteiger partial charge in [0.1, 0.15) is 37.1 Å². The van der Waals surface area contributed by atoms with E-state index in [0.29, 0.717) is 58.0 Å². The summed E-state index contributed by atoms with van der Waals surface area (Å²) in [5.74, 6) is -4.82. The van der Waals surface area contributed by atoms with Gasteiger partial charge in [0.15, 0.2) is 0 Å². The number of carbonyl (C=O) groups excluding carboxylic acids is 7. The van der Waals surface area contributed by atoms with E-state index >= 15 is 14.4 Å². The Morgan fingerprint density at radius 3 is 1.46 bits per heavy atom. The molecule has 8 atom stereocenters. The first-order chi connectivity index (χ1) is 45.5. The molecule has 0 saturated heterocycles. The number of ether oxygens (including phenoxy) is 11. The van der Waals surface area contributed by atoms with E-state index in [1.807, 2.05) is 45.0 Å². The number of likely N-dealkylation sites (N-methyl/N-ethyl adjacent to an activating group) is 1. The molecule has 0 radical (unpaired) electrons. The van der Waals surface area contributed by atoms with Crippen LogP contribution >= 0.6 is 21.6 Å². The number of nitrogens with zero attached hydrogens (tertiary/aromatic N) is 2. The van der Waals surface area contributed by atoms with Crippen molar-refractivity contribution in [3.8, 4) is 0 Å². The molecule has 0 aliphatic heterocycles. The van der Waals surface area contributed by atoms with Gasteiger partial charge in [0.25, 0.3) is 0 Å². The van der Waals surface area contributed by atoms with Crippen molar-refractivity contribution in [3.63, 3.8) is 0 Å². The number of nitrogens with one attached hydrogen (secondary N) is 2. The monoisotopic (exact) mass is 1420 g/mol. The molecule has 0 aromatic carbocycles. The Hall–Kier alpha value is -4.87. The van der Waals surface area contributed by atoms with Gasteiger partial charge in [-0.3, -0.25) is 33.6 Å². The van der Waals surface area contributed by atoms with Crippen LogP contribution in [0.25, 0.3) is 0 Å². The summed E-state index contributed by atoms with van der Waals surface area (Å²) in [6.45, 7) is 25.8. The number of hydrogen-bond acceptors (Lipinski definition) is 24. The van der Waals surface area contributed by atoms with E-state index in [2.05, 4.69) is 15.6 Å². The van der Waals surface area contributed by atoms with Crippen molar-refractivity contribution in [2.75, 3.05) is 139 Å². The fourth-order valence-electron chi connectivity index (χ4n) is 11.3. The van der Waals surface area contributed by atoms with Gasteiger partial charge in [-0.1, -0.05) is 57.4 Å². The Kier molecular flexibility index (Phi) is 42.6. The minimum atomic E-state index is -1.66. The maximum atomic E-state index is 15.3. The van der Waals surface area contributed by atoms with Crippen LogP contribution in [0.3, 0.4) is 0 Å². The maximum absolute atomic E-state index is 15.3. The molecule has 0 bridgehead atoms. The van der Waals surface area contributed by atoms with Crippen LogP contribution in [0.4, 0.5) is 4.79 Å². The van der Waals surface area contributed by atoms with Crippen molar-refractivity contribution < 1.29 is 101 Å². The number of amides is 2. The molecule has 25 nitrogen and oxygen atoms in total. The normalized spacial score (nSPS) is 16.4. The standard InChI is InChI=1S/C70H122N4O21S2/c1-18-21-33-90-61(83)70(14,51-66(10,25-19-2)56(77)78)52-69(13,58(80)91-35-32-74(15)16)29-28-68(12,60(82)94-46-47-96-97-54-24-22-23-30-71-54)50-65(9,55(76)73-48-53(4)75)26-27-67(11,59(81)93-44-42-86-34-31-72-62(84)95-63(5,6)7)49-64(8,20-3)57(79)92-45-43-89-41-40-88-39-38-87-37-36-85-17/h22-24,30,53,75H,18-21,25-29,31-52H2,1-17H3,(H,72,84)(H,73,76)(H,77,78). The van der Waals surface area contributed by atoms with Crippen molar-refractivity contribution in [2.45, 2.75) is 197 Å². The van der Waals surface area contributed by atoms with E-state index in [4.69, 9.17) is 52.1 Å². The Morgan fingerprint density at radius 1 is 0.536 bits per heavy atom. The van der Waals surface area contributed by atoms with Crippen LogP contribution in [0.1, 0.15) is 180 Å². The average molecular weight is 1420 g/mol. The van der Waals surface area contributed by atoms with Gasteiger partial charge in [-0.2, -0.15) is 0 Å². The quantitative estimate of drug-likeness (QED) is 0.0204. The molecule has 560 valence electrons. The lowest BCUT2D eigenvalue weighted by atomic mass is 9.61. The second-order valence-electron chi connectivity index (χ2n) is 28.4. The minimum Gasteiger partial charge on any atom is -0.481 e. The fourth-order valence-corrected chi connectivity index (χ4v) is 13.0. The summed E-state index contributed by atoms with van der Waals surface area (Å²) in [4.78, 5) is 121. The summed E-state index contributed by atoms with van der Waals surface area (Å²) < 4.78 is 62.5. The molecule has 0 aliphatic rings. The van der Waals surface area contributed by atoms with Crippen LogP contribution in [0.15, 0.2) is 29.4 Å².